The second-order valence-corrected chi connectivity index (χ2v) is 5.35. The van der Waals surface area contributed by atoms with Gasteiger partial charge in [-0.1, -0.05) is 0 Å². The van der Waals surface area contributed by atoms with Gasteiger partial charge in [0.15, 0.2) is 11.1 Å². The lowest BCUT2D eigenvalue weighted by atomic mass is 10.3. The number of hydrogen-bond donors (Lipinski definition) is 2. The number of hydrogen-bond acceptors (Lipinski definition) is 6. The van der Waals surface area contributed by atoms with E-state index in [0.29, 0.717) is 4.90 Å². The topological polar surface area (TPSA) is 102 Å². The van der Waals surface area contributed by atoms with E-state index in [1.54, 1.807) is 31.3 Å². The zero-order chi connectivity index (χ0) is 13.6. The van der Waals surface area contributed by atoms with E-state index < -0.39 is 28.1 Å². The molecule has 0 saturated heterocycles. The molecule has 102 valence electrons. The van der Waals surface area contributed by atoms with Crippen LogP contribution in [0.2, 0.25) is 0 Å². The molecule has 0 amide bonds. The van der Waals surface area contributed by atoms with Gasteiger partial charge in [0.05, 0.1) is 18.1 Å². The Balaban J connectivity index is 2.40. The Hall–Kier alpha value is -1.00. The van der Waals surface area contributed by atoms with Gasteiger partial charge in [0.2, 0.25) is 0 Å². The van der Waals surface area contributed by atoms with E-state index in [2.05, 4.69) is 9.50 Å². The first kappa shape index (κ1) is 15.1. The maximum absolute atomic E-state index is 11.6. The van der Waals surface area contributed by atoms with Gasteiger partial charge in [-0.3, -0.25) is 8.74 Å². The minimum Gasteiger partial charge on any atom is -0.388 e. The zero-order valence-electron chi connectivity index (χ0n) is 9.53. The lowest BCUT2D eigenvalue weighted by molar-refractivity contribution is 0.212. The summed E-state index contributed by atoms with van der Waals surface area (Å²) in [6.45, 7) is -0.626. The molecule has 0 aliphatic heterocycles. The van der Waals surface area contributed by atoms with E-state index in [0.717, 1.165) is 5.69 Å². The maximum Gasteiger partial charge on any atom is 0.397 e. The highest BCUT2D eigenvalue weighted by atomic mass is 32.3. The summed E-state index contributed by atoms with van der Waals surface area (Å²) in [5, 5.41) is 2.91. The molecule has 0 aliphatic carbocycles. The molecule has 1 atom stereocenters. The molecule has 1 rings (SSSR count). The molecule has 1 unspecified atom stereocenters. The fourth-order valence-corrected chi connectivity index (χ4v) is 2.04. The van der Waals surface area contributed by atoms with Crippen LogP contribution in [0.25, 0.3) is 0 Å². The minimum atomic E-state index is -4.48. The summed E-state index contributed by atoms with van der Waals surface area (Å²) in [5.41, 5.74) is 0.866. The second kappa shape index (κ2) is 6.81. The smallest absolute Gasteiger partial charge is 0.388 e. The van der Waals surface area contributed by atoms with Crippen molar-refractivity contribution in [1.82, 2.24) is 0 Å². The molecule has 9 heteroatoms. The number of anilines is 1. The maximum atomic E-state index is 11.6. The zero-order valence-corrected chi connectivity index (χ0v) is 11.2. The van der Waals surface area contributed by atoms with Gasteiger partial charge in [-0.2, -0.15) is 8.42 Å². The highest BCUT2D eigenvalue weighted by Crippen LogP contribution is 2.12. The van der Waals surface area contributed by atoms with Crippen molar-refractivity contribution in [1.29, 1.82) is 0 Å². The van der Waals surface area contributed by atoms with Crippen LogP contribution >= 0.6 is 0 Å². The second-order valence-electron chi connectivity index (χ2n) is 3.08. The van der Waals surface area contributed by atoms with Crippen molar-refractivity contribution in [3.63, 3.8) is 0 Å². The minimum absolute atomic E-state index is 0.222. The molecule has 0 aromatic heterocycles. The highest BCUT2D eigenvalue weighted by molar-refractivity contribution is 7.81. The average Bonchev–Trinajstić information content (AvgIpc) is 2.33. The average molecular weight is 295 g/mol. The largest absolute Gasteiger partial charge is 0.397 e. The lowest BCUT2D eigenvalue weighted by Crippen LogP contribution is -2.11. The van der Waals surface area contributed by atoms with Crippen LogP contribution in [0.1, 0.15) is 0 Å². The van der Waals surface area contributed by atoms with E-state index in [4.69, 9.17) is 8.74 Å². The van der Waals surface area contributed by atoms with Crippen LogP contribution < -0.4 is 5.32 Å². The van der Waals surface area contributed by atoms with Crippen LogP contribution in [0.5, 0.6) is 0 Å². The Morgan fingerprint density at radius 3 is 2.39 bits per heavy atom. The predicted molar refractivity (Wildman–Crippen MR) is 65.8 cm³/mol. The van der Waals surface area contributed by atoms with Crippen molar-refractivity contribution in [2.45, 2.75) is 4.90 Å². The van der Waals surface area contributed by atoms with Crippen molar-refractivity contribution in [3.05, 3.63) is 24.3 Å². The molecule has 0 heterocycles. The van der Waals surface area contributed by atoms with Crippen LogP contribution in [-0.2, 0) is 29.8 Å². The van der Waals surface area contributed by atoms with E-state index in [1.165, 1.54) is 0 Å². The predicted octanol–water partition coefficient (Wildman–Crippen LogP) is 0.587. The van der Waals surface area contributed by atoms with Crippen LogP contribution in [0.4, 0.5) is 5.69 Å². The number of benzene rings is 1. The molecular formula is C9H13NO6S2. The first-order valence-corrected chi connectivity index (χ1v) is 7.31. The summed E-state index contributed by atoms with van der Waals surface area (Å²) in [5.74, 6) is 0. The summed E-state index contributed by atoms with van der Waals surface area (Å²) in [6, 6.07) is 6.69. The van der Waals surface area contributed by atoms with Crippen molar-refractivity contribution in [3.8, 4) is 0 Å². The third kappa shape index (κ3) is 5.56. The van der Waals surface area contributed by atoms with E-state index in [9.17, 15) is 12.6 Å². The summed E-state index contributed by atoms with van der Waals surface area (Å²) in [4.78, 5) is 0.445. The molecule has 0 bridgehead atoms. The molecule has 1 aromatic carbocycles. The normalized spacial score (nSPS) is 13.2. The van der Waals surface area contributed by atoms with Gasteiger partial charge in [0.1, 0.15) is 0 Å². The molecule has 0 fully saturated rings. The molecular weight excluding hydrogens is 282 g/mol. The van der Waals surface area contributed by atoms with Crippen LogP contribution in [0, 0.1) is 0 Å². The molecule has 1 aromatic rings. The summed E-state index contributed by atoms with van der Waals surface area (Å²) in [6.07, 6.45) is 0. The first-order valence-electron chi connectivity index (χ1n) is 4.87. The van der Waals surface area contributed by atoms with Gasteiger partial charge >= 0.3 is 10.4 Å². The quantitative estimate of drug-likeness (QED) is 0.560. The standard InChI is InChI=1S/C9H13NO6S2/c1-10-8-2-4-9(5-3-8)17(11)15-6-7-16-18(12,13)14/h2-5,10H,6-7H2,1H3,(H,12,13,14). The Morgan fingerprint density at radius 2 is 1.89 bits per heavy atom. The van der Waals surface area contributed by atoms with E-state index >= 15 is 0 Å². The van der Waals surface area contributed by atoms with Gasteiger partial charge in [0.25, 0.3) is 0 Å². The Labute approximate surface area is 108 Å². The summed E-state index contributed by atoms with van der Waals surface area (Å²) in [7, 11) is -2.72. The van der Waals surface area contributed by atoms with Crippen LogP contribution in [-0.4, -0.2) is 37.4 Å². The molecule has 0 spiro atoms. The lowest BCUT2D eigenvalue weighted by Gasteiger charge is -2.04. The molecule has 0 radical (unpaired) electrons. The van der Waals surface area contributed by atoms with Crippen molar-refractivity contribution < 1.29 is 25.5 Å². The van der Waals surface area contributed by atoms with Crippen molar-refractivity contribution >= 4 is 27.2 Å². The van der Waals surface area contributed by atoms with Gasteiger partial charge in [-0.05, 0) is 24.3 Å². The fraction of sp³-hybridized carbons (Fsp3) is 0.333. The molecule has 7 nitrogen and oxygen atoms in total. The Bertz CT molecular complexity index is 498. The van der Waals surface area contributed by atoms with Crippen LogP contribution in [0.3, 0.4) is 0 Å². The third-order valence-corrected chi connectivity index (χ3v) is 3.34. The highest BCUT2D eigenvalue weighted by Gasteiger charge is 2.07. The van der Waals surface area contributed by atoms with E-state index in [1.807, 2.05) is 0 Å². The van der Waals surface area contributed by atoms with E-state index in [-0.39, 0.29) is 6.61 Å². The van der Waals surface area contributed by atoms with Crippen LogP contribution in [0.15, 0.2) is 29.2 Å². The Kier molecular flexibility index (Phi) is 5.69. The number of nitrogens with one attached hydrogen (secondary N) is 1. The third-order valence-electron chi connectivity index (χ3n) is 1.84. The molecule has 0 saturated carbocycles. The summed E-state index contributed by atoms with van der Waals surface area (Å²) >= 11 is -1.71. The Morgan fingerprint density at radius 1 is 1.28 bits per heavy atom. The van der Waals surface area contributed by atoms with Gasteiger partial charge in [0, 0.05) is 12.7 Å². The van der Waals surface area contributed by atoms with Crippen molar-refractivity contribution in [2.75, 3.05) is 25.6 Å². The summed E-state index contributed by atoms with van der Waals surface area (Å²) < 4.78 is 49.1. The fourth-order valence-electron chi connectivity index (χ4n) is 1.05. The van der Waals surface area contributed by atoms with Gasteiger partial charge in [-0.25, -0.2) is 8.39 Å². The van der Waals surface area contributed by atoms with Crippen molar-refractivity contribution in [2.24, 2.45) is 0 Å². The molecule has 2 N–H and O–H groups in total. The molecule has 18 heavy (non-hydrogen) atoms. The van der Waals surface area contributed by atoms with Gasteiger partial charge < -0.3 is 5.32 Å². The van der Waals surface area contributed by atoms with Gasteiger partial charge in [-0.15, -0.1) is 0 Å². The molecule has 0 aliphatic rings. The number of rotatable bonds is 7. The monoisotopic (exact) mass is 295 g/mol. The SMILES string of the molecule is CNc1ccc(S(=O)OCCOS(=O)(=O)O)cc1. The first-order chi connectivity index (χ1) is 8.42.